The summed E-state index contributed by atoms with van der Waals surface area (Å²) in [7, 11) is 0. The Hall–Kier alpha value is -4.19. The van der Waals surface area contributed by atoms with E-state index in [1.807, 2.05) is 30.3 Å². The fraction of sp³-hybridized carbons (Fsp3) is 0.0690. The van der Waals surface area contributed by atoms with E-state index in [-0.39, 0.29) is 15.1 Å². The first kappa shape index (κ1) is 27.8. The molecule has 3 N–H and O–H groups in total. The van der Waals surface area contributed by atoms with E-state index in [0.29, 0.717) is 29.3 Å². The number of alkyl halides is 3. The Morgan fingerprint density at radius 2 is 1.77 bits per heavy atom. The number of pyridine rings is 1. The van der Waals surface area contributed by atoms with Crippen molar-refractivity contribution in [1.82, 2.24) is 4.98 Å². The molecule has 1 aromatic heterocycles. The first-order chi connectivity index (χ1) is 18.7. The molecule has 1 heterocycles. The van der Waals surface area contributed by atoms with Gasteiger partial charge in [0.1, 0.15) is 23.0 Å². The first-order valence-electron chi connectivity index (χ1n) is 11.6. The lowest BCUT2D eigenvalue weighted by atomic mass is 10.2. The monoisotopic (exact) mass is 642 g/mol. The zero-order valence-electron chi connectivity index (χ0n) is 20.3. The summed E-state index contributed by atoms with van der Waals surface area (Å²) in [5.74, 6) is 0.708. The molecule has 198 valence electrons. The Balaban J connectivity index is 1.40. The lowest BCUT2D eigenvalue weighted by Gasteiger charge is -2.11. The lowest BCUT2D eigenvalue weighted by molar-refractivity contribution is -0.138. The highest BCUT2D eigenvalue weighted by molar-refractivity contribution is 14.1. The number of aromatic nitrogens is 1. The molecule has 1 amide bonds. The maximum Gasteiger partial charge on any atom is 0.417 e. The normalized spacial score (nSPS) is 11.9. The van der Waals surface area contributed by atoms with Crippen LogP contribution >= 0.6 is 22.6 Å². The van der Waals surface area contributed by atoms with Crippen molar-refractivity contribution in [1.29, 1.82) is 0 Å². The van der Waals surface area contributed by atoms with Gasteiger partial charge in [-0.3, -0.25) is 14.8 Å². The van der Waals surface area contributed by atoms with Gasteiger partial charge in [0, 0.05) is 27.6 Å². The summed E-state index contributed by atoms with van der Waals surface area (Å²) in [5.41, 5.74) is 7.51. The van der Waals surface area contributed by atoms with Crippen molar-refractivity contribution >= 4 is 46.1 Å². The second kappa shape index (κ2) is 12.6. The molecule has 0 spiro atoms. The zero-order valence-corrected chi connectivity index (χ0v) is 22.5. The SMILES string of the molecule is NC(=NCc1ccccc1)c1cc(Oc2cccc(C=CC(=O)Nc3ccc(I)c(C(F)(F)F)c3)c2)ccn1. The number of hydrogen-bond acceptors (Lipinski definition) is 4. The molecule has 0 aliphatic heterocycles. The average molecular weight is 642 g/mol. The van der Waals surface area contributed by atoms with Gasteiger partial charge in [-0.25, -0.2) is 0 Å². The number of aliphatic imine (C=N–C) groups is 1. The van der Waals surface area contributed by atoms with Crippen LogP contribution in [0, 0.1) is 3.57 Å². The molecule has 10 heteroatoms. The van der Waals surface area contributed by atoms with Crippen LogP contribution in [0.15, 0.2) is 102 Å². The third kappa shape index (κ3) is 8.14. The molecular formula is C29H22F3IN4O2. The van der Waals surface area contributed by atoms with Crippen molar-refractivity contribution < 1.29 is 22.7 Å². The third-order valence-electron chi connectivity index (χ3n) is 5.33. The number of amides is 1. The summed E-state index contributed by atoms with van der Waals surface area (Å²) < 4.78 is 45.4. The Kier molecular flexibility index (Phi) is 8.97. The van der Waals surface area contributed by atoms with E-state index in [4.69, 9.17) is 10.5 Å². The number of halogens is 4. The van der Waals surface area contributed by atoms with Crippen LogP contribution in [0.1, 0.15) is 22.4 Å². The van der Waals surface area contributed by atoms with E-state index in [1.54, 1.807) is 65.2 Å². The zero-order chi connectivity index (χ0) is 27.8. The van der Waals surface area contributed by atoms with Gasteiger partial charge in [-0.2, -0.15) is 13.2 Å². The van der Waals surface area contributed by atoms with Gasteiger partial charge in [-0.1, -0.05) is 42.5 Å². The largest absolute Gasteiger partial charge is 0.457 e. The number of nitrogens with two attached hydrogens (primary N) is 1. The number of carbonyl (C=O) groups excluding carboxylic acids is 1. The van der Waals surface area contributed by atoms with Crippen LogP contribution in [-0.2, 0) is 17.5 Å². The first-order valence-corrected chi connectivity index (χ1v) is 12.7. The topological polar surface area (TPSA) is 89.6 Å². The van der Waals surface area contributed by atoms with Crippen LogP contribution in [-0.4, -0.2) is 16.7 Å². The van der Waals surface area contributed by atoms with Gasteiger partial charge in [0.25, 0.3) is 0 Å². The van der Waals surface area contributed by atoms with Crippen LogP contribution in [0.4, 0.5) is 18.9 Å². The van der Waals surface area contributed by atoms with Crippen molar-refractivity contribution in [3.05, 3.63) is 123 Å². The van der Waals surface area contributed by atoms with E-state index >= 15 is 0 Å². The number of hydrogen-bond donors (Lipinski definition) is 2. The highest BCUT2D eigenvalue weighted by atomic mass is 127. The number of ether oxygens (including phenoxy) is 1. The number of benzene rings is 3. The quantitative estimate of drug-likeness (QED) is 0.0933. The van der Waals surface area contributed by atoms with Crippen molar-refractivity contribution in [2.45, 2.75) is 12.7 Å². The molecule has 6 nitrogen and oxygen atoms in total. The molecule has 0 saturated heterocycles. The predicted octanol–water partition coefficient (Wildman–Crippen LogP) is 7.05. The van der Waals surface area contributed by atoms with Crippen molar-refractivity contribution in [3.8, 4) is 11.5 Å². The maximum absolute atomic E-state index is 13.1. The Labute approximate surface area is 236 Å². The molecule has 3 aromatic carbocycles. The van der Waals surface area contributed by atoms with E-state index < -0.39 is 17.6 Å². The van der Waals surface area contributed by atoms with E-state index in [0.717, 1.165) is 11.6 Å². The lowest BCUT2D eigenvalue weighted by Crippen LogP contribution is -2.15. The van der Waals surface area contributed by atoms with Gasteiger partial charge >= 0.3 is 6.18 Å². The summed E-state index contributed by atoms with van der Waals surface area (Å²) in [6.45, 7) is 0.425. The molecular weight excluding hydrogens is 620 g/mol. The minimum Gasteiger partial charge on any atom is -0.457 e. The number of anilines is 1. The van der Waals surface area contributed by atoms with Crippen LogP contribution in [0.25, 0.3) is 6.08 Å². The summed E-state index contributed by atoms with van der Waals surface area (Å²) in [4.78, 5) is 21.0. The Morgan fingerprint density at radius 3 is 2.54 bits per heavy atom. The Morgan fingerprint density at radius 1 is 1.00 bits per heavy atom. The maximum atomic E-state index is 13.1. The predicted molar refractivity (Wildman–Crippen MR) is 153 cm³/mol. The van der Waals surface area contributed by atoms with Gasteiger partial charge in [-0.05, 0) is 76.2 Å². The molecule has 0 atom stereocenters. The van der Waals surface area contributed by atoms with Crippen LogP contribution < -0.4 is 15.8 Å². The van der Waals surface area contributed by atoms with Gasteiger partial charge < -0.3 is 15.8 Å². The van der Waals surface area contributed by atoms with Gasteiger partial charge in [0.05, 0.1) is 12.1 Å². The van der Waals surface area contributed by atoms with E-state index in [1.165, 1.54) is 24.3 Å². The minimum absolute atomic E-state index is 0.0499. The van der Waals surface area contributed by atoms with Crippen molar-refractivity contribution in [2.24, 2.45) is 10.7 Å². The van der Waals surface area contributed by atoms with Gasteiger partial charge in [-0.15, -0.1) is 0 Å². The fourth-order valence-corrected chi connectivity index (χ4v) is 4.09. The summed E-state index contributed by atoms with van der Waals surface area (Å²) in [6.07, 6.45) is -0.174. The molecule has 0 unspecified atom stereocenters. The summed E-state index contributed by atoms with van der Waals surface area (Å²) in [6, 6.07) is 23.7. The van der Waals surface area contributed by atoms with E-state index in [2.05, 4.69) is 15.3 Å². The molecule has 0 aliphatic carbocycles. The fourth-order valence-electron chi connectivity index (χ4n) is 3.45. The highest BCUT2D eigenvalue weighted by Crippen LogP contribution is 2.34. The Bertz CT molecular complexity index is 1520. The molecule has 4 rings (SSSR count). The number of nitrogens with one attached hydrogen (secondary N) is 1. The van der Waals surface area contributed by atoms with Crippen LogP contribution in [0.5, 0.6) is 11.5 Å². The third-order valence-corrected chi connectivity index (χ3v) is 6.27. The van der Waals surface area contributed by atoms with E-state index in [9.17, 15) is 18.0 Å². The molecule has 4 aromatic rings. The van der Waals surface area contributed by atoms with Crippen molar-refractivity contribution in [2.75, 3.05) is 5.32 Å². The van der Waals surface area contributed by atoms with Gasteiger partial charge in [0.15, 0.2) is 0 Å². The summed E-state index contributed by atoms with van der Waals surface area (Å²) >= 11 is 1.61. The highest BCUT2D eigenvalue weighted by Gasteiger charge is 2.33. The smallest absolute Gasteiger partial charge is 0.417 e. The molecule has 0 aliphatic rings. The number of nitrogens with zero attached hydrogens (tertiary/aromatic N) is 2. The standard InChI is InChI=1S/C29H22F3IN4O2/c30-29(31,32)24-16-21(10-11-25(24)33)37-27(38)12-9-19-7-4-8-22(15-19)39-23-13-14-35-26(17-23)28(34)36-18-20-5-2-1-3-6-20/h1-17H,18H2,(H2,34,36)(H,37,38). The molecule has 0 bridgehead atoms. The average Bonchev–Trinajstić information content (AvgIpc) is 2.92. The molecule has 39 heavy (non-hydrogen) atoms. The molecule has 0 fully saturated rings. The second-order valence-corrected chi connectivity index (χ2v) is 9.42. The molecule has 0 saturated carbocycles. The van der Waals surface area contributed by atoms with Crippen LogP contribution in [0.2, 0.25) is 0 Å². The van der Waals surface area contributed by atoms with Crippen LogP contribution in [0.3, 0.4) is 0 Å². The molecule has 0 radical (unpaired) electrons. The number of carbonyl (C=O) groups is 1. The number of amidine groups is 1. The van der Waals surface area contributed by atoms with Crippen molar-refractivity contribution in [3.63, 3.8) is 0 Å². The second-order valence-electron chi connectivity index (χ2n) is 8.25. The minimum atomic E-state index is -4.51. The number of rotatable bonds is 8. The van der Waals surface area contributed by atoms with Gasteiger partial charge in [0.2, 0.25) is 5.91 Å². The summed E-state index contributed by atoms with van der Waals surface area (Å²) in [5, 5.41) is 2.45.